The number of ether oxygens (including phenoxy) is 1. The van der Waals surface area contributed by atoms with Gasteiger partial charge >= 0.3 is 6.09 Å². The van der Waals surface area contributed by atoms with E-state index in [1.54, 1.807) is 4.90 Å². The summed E-state index contributed by atoms with van der Waals surface area (Å²) in [6, 6.07) is 0.0752. The number of carbonyl (C=O) groups excluding carboxylic acids is 1. The molecule has 1 aliphatic rings. The van der Waals surface area contributed by atoms with Crippen LogP contribution in [0, 0.1) is 5.92 Å². The van der Waals surface area contributed by atoms with Gasteiger partial charge in [0, 0.05) is 19.1 Å². The predicted molar refractivity (Wildman–Crippen MR) is 59.6 cm³/mol. The highest BCUT2D eigenvalue weighted by molar-refractivity contribution is 5.68. The van der Waals surface area contributed by atoms with Crippen LogP contribution in [0.15, 0.2) is 0 Å². The van der Waals surface area contributed by atoms with Crippen molar-refractivity contribution in [2.45, 2.75) is 45.8 Å². The Morgan fingerprint density at radius 1 is 1.47 bits per heavy atom. The molecule has 1 heterocycles. The third-order valence-corrected chi connectivity index (χ3v) is 2.67. The van der Waals surface area contributed by atoms with E-state index in [0.717, 1.165) is 13.0 Å². The average Bonchev–Trinajstić information content (AvgIpc) is 2.06. The van der Waals surface area contributed by atoms with Gasteiger partial charge in [-0.1, -0.05) is 6.92 Å². The molecule has 1 saturated heterocycles. The lowest BCUT2D eigenvalue weighted by molar-refractivity contribution is 0.0167. The van der Waals surface area contributed by atoms with Gasteiger partial charge in [-0.15, -0.1) is 0 Å². The molecule has 1 amide bonds. The molecule has 0 unspecified atom stereocenters. The summed E-state index contributed by atoms with van der Waals surface area (Å²) in [5.74, 6) is 0.490. The maximum absolute atomic E-state index is 11.7. The standard InChI is InChI=1S/C11H22N2O2/c1-8-5-6-13(7-9(8)12)10(14)15-11(2,3)4/h8-9H,5-7,12H2,1-4H3/t8-,9-/m0/s1. The molecular weight excluding hydrogens is 192 g/mol. The van der Waals surface area contributed by atoms with Gasteiger partial charge in [-0.2, -0.15) is 0 Å². The first-order chi connectivity index (χ1) is 6.79. The fourth-order valence-corrected chi connectivity index (χ4v) is 1.59. The number of piperidine rings is 1. The molecule has 0 aromatic carbocycles. The molecule has 2 N–H and O–H groups in total. The lowest BCUT2D eigenvalue weighted by Gasteiger charge is -2.35. The number of hydrogen-bond donors (Lipinski definition) is 1. The van der Waals surface area contributed by atoms with Crippen LogP contribution in [-0.2, 0) is 4.74 Å². The number of likely N-dealkylation sites (tertiary alicyclic amines) is 1. The highest BCUT2D eigenvalue weighted by atomic mass is 16.6. The van der Waals surface area contributed by atoms with Crippen LogP contribution < -0.4 is 5.73 Å². The van der Waals surface area contributed by atoms with E-state index in [0.29, 0.717) is 12.5 Å². The quantitative estimate of drug-likeness (QED) is 0.666. The van der Waals surface area contributed by atoms with Crippen LogP contribution in [0.1, 0.15) is 34.1 Å². The summed E-state index contributed by atoms with van der Waals surface area (Å²) in [5.41, 5.74) is 5.49. The van der Waals surface area contributed by atoms with Crippen LogP contribution in [0.25, 0.3) is 0 Å². The Kier molecular flexibility index (Phi) is 3.60. The Labute approximate surface area is 91.8 Å². The normalized spacial score (nSPS) is 27.7. The zero-order valence-corrected chi connectivity index (χ0v) is 10.1. The Hall–Kier alpha value is -0.770. The molecule has 2 atom stereocenters. The van der Waals surface area contributed by atoms with E-state index < -0.39 is 5.60 Å². The molecule has 1 rings (SSSR count). The molecular formula is C11H22N2O2. The molecule has 0 spiro atoms. The zero-order chi connectivity index (χ0) is 11.6. The molecule has 1 fully saturated rings. The molecule has 0 aliphatic carbocycles. The van der Waals surface area contributed by atoms with Gasteiger partial charge < -0.3 is 15.4 Å². The summed E-state index contributed by atoms with van der Waals surface area (Å²) in [4.78, 5) is 13.4. The van der Waals surface area contributed by atoms with Gasteiger partial charge in [0.2, 0.25) is 0 Å². The van der Waals surface area contributed by atoms with Crippen molar-refractivity contribution < 1.29 is 9.53 Å². The van der Waals surface area contributed by atoms with E-state index in [1.807, 2.05) is 20.8 Å². The molecule has 0 radical (unpaired) electrons. The monoisotopic (exact) mass is 214 g/mol. The molecule has 0 saturated carbocycles. The first-order valence-corrected chi connectivity index (χ1v) is 5.53. The molecule has 88 valence electrons. The second-order valence-corrected chi connectivity index (χ2v) is 5.36. The third-order valence-electron chi connectivity index (χ3n) is 2.67. The topological polar surface area (TPSA) is 55.6 Å². The molecule has 15 heavy (non-hydrogen) atoms. The third kappa shape index (κ3) is 3.70. The van der Waals surface area contributed by atoms with Crippen LogP contribution in [-0.4, -0.2) is 35.7 Å². The Morgan fingerprint density at radius 2 is 2.07 bits per heavy atom. The Bertz CT molecular complexity index is 235. The number of amides is 1. The van der Waals surface area contributed by atoms with Crippen molar-refractivity contribution in [2.24, 2.45) is 11.7 Å². The predicted octanol–water partition coefficient (Wildman–Crippen LogP) is 1.59. The van der Waals surface area contributed by atoms with E-state index in [1.165, 1.54) is 0 Å². The van der Waals surface area contributed by atoms with E-state index in [2.05, 4.69) is 6.92 Å². The molecule has 0 aromatic heterocycles. The Morgan fingerprint density at radius 3 is 2.53 bits per heavy atom. The van der Waals surface area contributed by atoms with Crippen molar-refractivity contribution >= 4 is 6.09 Å². The molecule has 0 aromatic rings. The van der Waals surface area contributed by atoms with Crippen molar-refractivity contribution in [1.82, 2.24) is 4.90 Å². The summed E-state index contributed by atoms with van der Waals surface area (Å²) >= 11 is 0. The van der Waals surface area contributed by atoms with E-state index >= 15 is 0 Å². The van der Waals surface area contributed by atoms with Crippen molar-refractivity contribution in [1.29, 1.82) is 0 Å². The maximum atomic E-state index is 11.7. The summed E-state index contributed by atoms with van der Waals surface area (Å²) in [5, 5.41) is 0. The van der Waals surface area contributed by atoms with Gasteiger partial charge in [0.25, 0.3) is 0 Å². The van der Waals surface area contributed by atoms with Gasteiger partial charge in [0.05, 0.1) is 0 Å². The minimum absolute atomic E-state index is 0.0752. The van der Waals surface area contributed by atoms with Gasteiger partial charge in [-0.05, 0) is 33.1 Å². The number of rotatable bonds is 0. The molecule has 4 heteroatoms. The first-order valence-electron chi connectivity index (χ1n) is 5.53. The lowest BCUT2D eigenvalue weighted by Crippen LogP contribution is -2.50. The SMILES string of the molecule is C[C@H]1CCN(C(=O)OC(C)(C)C)C[C@@H]1N. The van der Waals surface area contributed by atoms with Crippen molar-refractivity contribution in [3.63, 3.8) is 0 Å². The van der Waals surface area contributed by atoms with Gasteiger partial charge in [0.15, 0.2) is 0 Å². The number of hydrogen-bond acceptors (Lipinski definition) is 3. The number of nitrogens with two attached hydrogens (primary N) is 1. The highest BCUT2D eigenvalue weighted by Gasteiger charge is 2.29. The van der Waals surface area contributed by atoms with E-state index in [4.69, 9.17) is 10.5 Å². The first kappa shape index (κ1) is 12.3. The van der Waals surface area contributed by atoms with Crippen molar-refractivity contribution in [3.8, 4) is 0 Å². The second-order valence-electron chi connectivity index (χ2n) is 5.36. The highest BCUT2D eigenvalue weighted by Crippen LogP contribution is 2.18. The maximum Gasteiger partial charge on any atom is 0.410 e. The fraction of sp³-hybridized carbons (Fsp3) is 0.909. The smallest absolute Gasteiger partial charge is 0.410 e. The number of carbonyl (C=O) groups is 1. The minimum Gasteiger partial charge on any atom is -0.444 e. The summed E-state index contributed by atoms with van der Waals surface area (Å²) in [6.45, 7) is 9.10. The number of nitrogens with zero attached hydrogens (tertiary/aromatic N) is 1. The van der Waals surface area contributed by atoms with E-state index in [-0.39, 0.29) is 12.1 Å². The summed E-state index contributed by atoms with van der Waals surface area (Å²) in [6.07, 6.45) is 0.713. The minimum atomic E-state index is -0.426. The van der Waals surface area contributed by atoms with Gasteiger partial charge in [0.1, 0.15) is 5.60 Å². The van der Waals surface area contributed by atoms with Gasteiger partial charge in [-0.3, -0.25) is 0 Å². The summed E-state index contributed by atoms with van der Waals surface area (Å²) in [7, 11) is 0. The van der Waals surface area contributed by atoms with Crippen LogP contribution in [0.2, 0.25) is 0 Å². The van der Waals surface area contributed by atoms with Gasteiger partial charge in [-0.25, -0.2) is 4.79 Å². The van der Waals surface area contributed by atoms with Crippen molar-refractivity contribution in [3.05, 3.63) is 0 Å². The van der Waals surface area contributed by atoms with Crippen molar-refractivity contribution in [2.75, 3.05) is 13.1 Å². The molecule has 0 bridgehead atoms. The molecule has 4 nitrogen and oxygen atoms in total. The second kappa shape index (κ2) is 4.39. The largest absolute Gasteiger partial charge is 0.444 e. The molecule has 1 aliphatic heterocycles. The summed E-state index contributed by atoms with van der Waals surface area (Å²) < 4.78 is 5.29. The van der Waals surface area contributed by atoms with Crippen LogP contribution in [0.5, 0.6) is 0 Å². The zero-order valence-electron chi connectivity index (χ0n) is 10.1. The average molecular weight is 214 g/mol. The van der Waals surface area contributed by atoms with E-state index in [9.17, 15) is 4.79 Å². The van der Waals surface area contributed by atoms with Crippen LogP contribution in [0.3, 0.4) is 0 Å². The van der Waals surface area contributed by atoms with Crippen LogP contribution >= 0.6 is 0 Å². The fourth-order valence-electron chi connectivity index (χ4n) is 1.59. The van der Waals surface area contributed by atoms with Crippen LogP contribution in [0.4, 0.5) is 4.79 Å². The Balaban J connectivity index is 2.48. The lowest BCUT2D eigenvalue weighted by atomic mass is 9.95.